The molecule has 0 aliphatic heterocycles. The van der Waals surface area contributed by atoms with Gasteiger partial charge in [-0.15, -0.1) is 0 Å². The van der Waals surface area contributed by atoms with E-state index in [9.17, 15) is 4.79 Å². The Morgan fingerprint density at radius 3 is 2.69 bits per heavy atom. The fourth-order valence-electron chi connectivity index (χ4n) is 2.77. The number of anilines is 2. The van der Waals surface area contributed by atoms with Crippen LogP contribution in [0.25, 0.3) is 0 Å². The lowest BCUT2D eigenvalue weighted by atomic mass is 10.2. The minimum Gasteiger partial charge on any atom is -0.364 e. The molecule has 0 radical (unpaired) electrons. The number of carbonyl (C=O) groups excluding carboxylic acids is 1. The van der Waals surface area contributed by atoms with E-state index >= 15 is 0 Å². The van der Waals surface area contributed by atoms with Crippen molar-refractivity contribution in [1.82, 2.24) is 14.8 Å². The van der Waals surface area contributed by atoms with Crippen LogP contribution in [0.5, 0.6) is 0 Å². The topological polar surface area (TPSA) is 71.8 Å². The van der Waals surface area contributed by atoms with Gasteiger partial charge < -0.3 is 10.6 Å². The van der Waals surface area contributed by atoms with Crippen molar-refractivity contribution in [2.45, 2.75) is 25.9 Å². The summed E-state index contributed by atoms with van der Waals surface area (Å²) in [5.74, 6) is 1.42. The van der Waals surface area contributed by atoms with E-state index in [0.29, 0.717) is 17.8 Å². The number of benzene rings is 1. The molecule has 2 N–H and O–H groups in total. The zero-order valence-corrected chi connectivity index (χ0v) is 14.4. The van der Waals surface area contributed by atoms with Gasteiger partial charge in [0.2, 0.25) is 0 Å². The van der Waals surface area contributed by atoms with Crippen molar-refractivity contribution >= 4 is 17.4 Å². The van der Waals surface area contributed by atoms with E-state index in [2.05, 4.69) is 25.4 Å². The van der Waals surface area contributed by atoms with Crippen LogP contribution in [0.2, 0.25) is 0 Å². The molecular weight excluding hydrogens is 326 g/mol. The Bertz CT molecular complexity index is 869. The lowest BCUT2D eigenvalue weighted by molar-refractivity contribution is 0.102. The normalized spacial score (nSPS) is 13.4. The van der Waals surface area contributed by atoms with Crippen LogP contribution in [0.1, 0.15) is 28.9 Å². The molecular formula is C20H21N5O. The molecule has 0 spiro atoms. The number of hydrogen-bond acceptors (Lipinski definition) is 4. The minimum absolute atomic E-state index is 0.142. The Hall–Kier alpha value is -3.15. The molecule has 1 amide bonds. The third-order valence-corrected chi connectivity index (χ3v) is 4.44. The maximum Gasteiger partial charge on any atom is 0.255 e. The molecule has 1 saturated carbocycles. The molecule has 1 aliphatic carbocycles. The molecule has 0 bridgehead atoms. The van der Waals surface area contributed by atoms with Gasteiger partial charge in [-0.2, -0.15) is 5.10 Å². The Labute approximate surface area is 152 Å². The monoisotopic (exact) mass is 347 g/mol. The molecule has 2 heterocycles. The summed E-state index contributed by atoms with van der Waals surface area (Å²) in [5.41, 5.74) is 2.45. The second-order valence-corrected chi connectivity index (χ2v) is 6.55. The highest BCUT2D eigenvalue weighted by Crippen LogP contribution is 2.30. The van der Waals surface area contributed by atoms with Gasteiger partial charge in [-0.3, -0.25) is 9.48 Å². The van der Waals surface area contributed by atoms with Crippen molar-refractivity contribution in [3.05, 3.63) is 72.2 Å². The standard InChI is InChI=1S/C20H21N5O/c26-20(16-4-2-1-3-5-16)24-17-8-9-19(21-12-17)22-13-18-10-11-23-25(18)14-15-6-7-15/h1-5,8-12,15H,6-7,13-14H2,(H,21,22)(H,24,26). The molecule has 6 nitrogen and oxygen atoms in total. The molecule has 132 valence electrons. The van der Waals surface area contributed by atoms with Gasteiger partial charge in [-0.25, -0.2) is 4.98 Å². The first kappa shape index (κ1) is 16.3. The first-order chi connectivity index (χ1) is 12.8. The summed E-state index contributed by atoms with van der Waals surface area (Å²) in [6, 6.07) is 14.9. The number of rotatable bonds is 7. The van der Waals surface area contributed by atoms with Crippen molar-refractivity contribution < 1.29 is 4.79 Å². The van der Waals surface area contributed by atoms with Gasteiger partial charge in [-0.1, -0.05) is 18.2 Å². The number of nitrogens with zero attached hydrogens (tertiary/aromatic N) is 3. The van der Waals surface area contributed by atoms with Crippen LogP contribution in [-0.4, -0.2) is 20.7 Å². The highest BCUT2D eigenvalue weighted by molar-refractivity contribution is 6.04. The Balaban J connectivity index is 1.33. The van der Waals surface area contributed by atoms with Gasteiger partial charge in [0.05, 0.1) is 24.1 Å². The molecule has 1 fully saturated rings. The molecule has 2 aromatic heterocycles. The van der Waals surface area contributed by atoms with Gasteiger partial charge in [0.15, 0.2) is 0 Å². The second kappa shape index (κ2) is 7.39. The van der Waals surface area contributed by atoms with E-state index in [1.165, 1.54) is 12.8 Å². The number of pyridine rings is 1. The molecule has 4 rings (SSSR count). The number of aromatic nitrogens is 3. The van der Waals surface area contributed by atoms with Gasteiger partial charge >= 0.3 is 0 Å². The average Bonchev–Trinajstić information content (AvgIpc) is 3.39. The van der Waals surface area contributed by atoms with Crippen molar-refractivity contribution in [2.24, 2.45) is 5.92 Å². The van der Waals surface area contributed by atoms with Crippen molar-refractivity contribution in [1.29, 1.82) is 0 Å². The lowest BCUT2D eigenvalue weighted by Crippen LogP contribution is -2.12. The van der Waals surface area contributed by atoms with Crippen molar-refractivity contribution in [3.63, 3.8) is 0 Å². The van der Waals surface area contributed by atoms with Crippen LogP contribution in [0, 0.1) is 5.92 Å². The van der Waals surface area contributed by atoms with Gasteiger partial charge in [0.25, 0.3) is 5.91 Å². The Kier molecular flexibility index (Phi) is 4.64. The highest BCUT2D eigenvalue weighted by atomic mass is 16.1. The van der Waals surface area contributed by atoms with E-state index in [1.807, 2.05) is 42.6 Å². The van der Waals surface area contributed by atoms with Crippen LogP contribution < -0.4 is 10.6 Å². The van der Waals surface area contributed by atoms with E-state index in [4.69, 9.17) is 0 Å². The van der Waals surface area contributed by atoms with Crippen LogP contribution in [0.3, 0.4) is 0 Å². The molecule has 26 heavy (non-hydrogen) atoms. The average molecular weight is 347 g/mol. The van der Waals surface area contributed by atoms with E-state index < -0.39 is 0 Å². The summed E-state index contributed by atoms with van der Waals surface area (Å²) in [7, 11) is 0. The molecule has 3 aromatic rings. The van der Waals surface area contributed by atoms with Crippen molar-refractivity contribution in [2.75, 3.05) is 10.6 Å². The second-order valence-electron chi connectivity index (χ2n) is 6.55. The van der Waals surface area contributed by atoms with Crippen LogP contribution in [-0.2, 0) is 13.1 Å². The quantitative estimate of drug-likeness (QED) is 0.685. The zero-order chi connectivity index (χ0) is 17.8. The highest BCUT2D eigenvalue weighted by Gasteiger charge is 2.22. The molecule has 6 heteroatoms. The van der Waals surface area contributed by atoms with Crippen LogP contribution in [0.15, 0.2) is 60.9 Å². The summed E-state index contributed by atoms with van der Waals surface area (Å²) < 4.78 is 2.07. The fraction of sp³-hybridized carbons (Fsp3) is 0.250. The van der Waals surface area contributed by atoms with Crippen molar-refractivity contribution in [3.8, 4) is 0 Å². The summed E-state index contributed by atoms with van der Waals surface area (Å²) in [5, 5.41) is 10.6. The first-order valence-electron chi connectivity index (χ1n) is 8.85. The number of nitrogens with one attached hydrogen (secondary N) is 2. The molecule has 0 saturated heterocycles. The molecule has 0 unspecified atom stereocenters. The zero-order valence-electron chi connectivity index (χ0n) is 14.4. The predicted molar refractivity (Wildman–Crippen MR) is 101 cm³/mol. The first-order valence-corrected chi connectivity index (χ1v) is 8.85. The maximum atomic E-state index is 12.1. The minimum atomic E-state index is -0.142. The number of carbonyl (C=O) groups is 1. The smallest absolute Gasteiger partial charge is 0.255 e. The Morgan fingerprint density at radius 2 is 1.96 bits per heavy atom. The Morgan fingerprint density at radius 1 is 1.12 bits per heavy atom. The van der Waals surface area contributed by atoms with Crippen LogP contribution >= 0.6 is 0 Å². The number of amides is 1. The summed E-state index contributed by atoms with van der Waals surface area (Å²) in [6.07, 6.45) is 6.12. The van der Waals surface area contributed by atoms with Gasteiger partial charge in [-0.05, 0) is 49.1 Å². The van der Waals surface area contributed by atoms with Gasteiger partial charge in [0, 0.05) is 18.3 Å². The van der Waals surface area contributed by atoms with E-state index in [1.54, 1.807) is 18.3 Å². The summed E-state index contributed by atoms with van der Waals surface area (Å²) in [6.45, 7) is 1.68. The number of hydrogen-bond donors (Lipinski definition) is 2. The largest absolute Gasteiger partial charge is 0.364 e. The van der Waals surface area contributed by atoms with E-state index in [0.717, 1.165) is 24.0 Å². The van der Waals surface area contributed by atoms with Crippen LogP contribution in [0.4, 0.5) is 11.5 Å². The SMILES string of the molecule is O=C(Nc1ccc(NCc2ccnn2CC2CC2)nc1)c1ccccc1. The third kappa shape index (κ3) is 4.08. The molecule has 1 aromatic carbocycles. The summed E-state index contributed by atoms with van der Waals surface area (Å²) >= 11 is 0. The predicted octanol–water partition coefficient (Wildman–Crippen LogP) is 3.55. The lowest BCUT2D eigenvalue weighted by Gasteiger charge is -2.10. The third-order valence-electron chi connectivity index (χ3n) is 4.44. The molecule has 0 atom stereocenters. The van der Waals surface area contributed by atoms with E-state index in [-0.39, 0.29) is 5.91 Å². The fourth-order valence-corrected chi connectivity index (χ4v) is 2.77. The summed E-state index contributed by atoms with van der Waals surface area (Å²) in [4.78, 5) is 16.5. The molecule has 1 aliphatic rings. The van der Waals surface area contributed by atoms with Gasteiger partial charge in [0.1, 0.15) is 5.82 Å². The maximum absolute atomic E-state index is 12.1.